The van der Waals surface area contributed by atoms with Gasteiger partial charge in [0.1, 0.15) is 0 Å². The van der Waals surface area contributed by atoms with Crippen molar-refractivity contribution < 1.29 is 4.79 Å². The first kappa shape index (κ1) is 14.2. The number of carbonyl (C=O) groups excluding carboxylic acids is 1. The van der Waals surface area contributed by atoms with Crippen LogP contribution in [0.1, 0.15) is 32.8 Å². The van der Waals surface area contributed by atoms with Gasteiger partial charge in [-0.2, -0.15) is 0 Å². The Hall–Kier alpha value is -0.830. The van der Waals surface area contributed by atoms with Crippen molar-refractivity contribution in [3.8, 4) is 0 Å². The lowest BCUT2D eigenvalue weighted by Gasteiger charge is -2.13. The van der Waals surface area contributed by atoms with Gasteiger partial charge >= 0.3 is 0 Å². The van der Waals surface area contributed by atoms with Gasteiger partial charge in [-0.25, -0.2) is 0 Å². The lowest BCUT2D eigenvalue weighted by Crippen LogP contribution is -2.11. The summed E-state index contributed by atoms with van der Waals surface area (Å²) in [5, 5.41) is 2.84. The smallest absolute Gasteiger partial charge is 0.224 e. The molecule has 0 aromatic heterocycles. The second-order valence-electron chi connectivity index (χ2n) is 4.56. The third-order valence-corrected chi connectivity index (χ3v) is 4.09. The highest BCUT2D eigenvalue weighted by molar-refractivity contribution is 9.09. The Morgan fingerprint density at radius 2 is 1.88 bits per heavy atom. The number of halogens is 1. The number of anilines is 1. The fourth-order valence-corrected chi connectivity index (χ4v) is 1.81. The molecule has 0 spiro atoms. The van der Waals surface area contributed by atoms with Gasteiger partial charge in [-0.05, 0) is 30.0 Å². The molecule has 3 heteroatoms. The number of carbonyl (C=O) groups is 1. The van der Waals surface area contributed by atoms with E-state index in [0.29, 0.717) is 17.2 Å². The van der Waals surface area contributed by atoms with E-state index in [4.69, 9.17) is 0 Å². The van der Waals surface area contributed by atoms with Gasteiger partial charge in [0, 0.05) is 16.9 Å². The van der Waals surface area contributed by atoms with Crippen LogP contribution >= 0.6 is 15.9 Å². The Kier molecular flexibility index (Phi) is 5.69. The largest absolute Gasteiger partial charge is 0.326 e. The molecule has 17 heavy (non-hydrogen) atoms. The van der Waals surface area contributed by atoms with Gasteiger partial charge in [0.15, 0.2) is 0 Å². The van der Waals surface area contributed by atoms with Crippen LogP contribution in [0.4, 0.5) is 5.69 Å². The molecule has 0 saturated carbocycles. The Morgan fingerprint density at radius 1 is 1.29 bits per heavy atom. The normalized spacial score (nSPS) is 12.5. The molecule has 0 aliphatic carbocycles. The van der Waals surface area contributed by atoms with Gasteiger partial charge in [-0.3, -0.25) is 4.79 Å². The molecular formula is C14H20BrNO. The first-order valence-electron chi connectivity index (χ1n) is 6.05. The predicted octanol–water partition coefficient (Wildman–Crippen LogP) is 4.00. The van der Waals surface area contributed by atoms with Crippen molar-refractivity contribution >= 4 is 27.5 Å². The van der Waals surface area contributed by atoms with E-state index in [-0.39, 0.29) is 5.91 Å². The molecule has 0 radical (unpaired) electrons. The summed E-state index contributed by atoms with van der Waals surface area (Å²) in [5.41, 5.74) is 2.16. The summed E-state index contributed by atoms with van der Waals surface area (Å²) in [5.74, 6) is 0.674. The molecule has 1 atom stereocenters. The van der Waals surface area contributed by atoms with Crippen LogP contribution < -0.4 is 5.32 Å². The zero-order valence-corrected chi connectivity index (χ0v) is 12.3. The SMILES string of the molecule is CCC(=O)Nc1ccc(CC(Br)C(C)C)cc1. The van der Waals surface area contributed by atoms with Gasteiger partial charge in [-0.15, -0.1) is 0 Å². The van der Waals surface area contributed by atoms with E-state index in [2.05, 4.69) is 47.2 Å². The molecule has 0 saturated heterocycles. The van der Waals surface area contributed by atoms with Crippen LogP contribution in [0.5, 0.6) is 0 Å². The zero-order valence-electron chi connectivity index (χ0n) is 10.7. The van der Waals surface area contributed by atoms with Crippen molar-refractivity contribution in [2.24, 2.45) is 5.92 Å². The molecule has 0 aliphatic rings. The van der Waals surface area contributed by atoms with Crippen molar-refractivity contribution in [3.63, 3.8) is 0 Å². The minimum absolute atomic E-state index is 0.0540. The Balaban J connectivity index is 2.59. The maximum absolute atomic E-state index is 11.2. The number of nitrogens with one attached hydrogen (secondary N) is 1. The van der Waals surface area contributed by atoms with Crippen LogP contribution in [0.3, 0.4) is 0 Å². The number of hydrogen-bond acceptors (Lipinski definition) is 1. The van der Waals surface area contributed by atoms with Crippen LogP contribution in [0.25, 0.3) is 0 Å². The molecule has 0 fully saturated rings. The van der Waals surface area contributed by atoms with Crippen LogP contribution in [-0.4, -0.2) is 10.7 Å². The summed E-state index contributed by atoms with van der Waals surface area (Å²) in [4.78, 5) is 11.7. The first-order chi connectivity index (χ1) is 8.02. The second kappa shape index (κ2) is 6.80. The molecule has 0 heterocycles. The van der Waals surface area contributed by atoms with Crippen molar-refractivity contribution in [1.29, 1.82) is 0 Å². The van der Waals surface area contributed by atoms with E-state index in [1.54, 1.807) is 0 Å². The van der Waals surface area contributed by atoms with E-state index in [0.717, 1.165) is 12.1 Å². The maximum atomic E-state index is 11.2. The standard InChI is InChI=1S/C14H20BrNO/c1-4-14(17)16-12-7-5-11(6-8-12)9-13(15)10(2)3/h5-8,10,13H,4,9H2,1-3H3,(H,16,17). The fourth-order valence-electron chi connectivity index (χ4n) is 1.43. The minimum atomic E-state index is 0.0540. The summed E-state index contributed by atoms with van der Waals surface area (Å²) in [6.45, 7) is 6.26. The third-order valence-electron chi connectivity index (χ3n) is 2.71. The highest BCUT2D eigenvalue weighted by Gasteiger charge is 2.09. The van der Waals surface area contributed by atoms with E-state index < -0.39 is 0 Å². The first-order valence-corrected chi connectivity index (χ1v) is 6.97. The molecule has 94 valence electrons. The Morgan fingerprint density at radius 3 is 2.35 bits per heavy atom. The predicted molar refractivity (Wildman–Crippen MR) is 76.6 cm³/mol. The van der Waals surface area contributed by atoms with Crippen molar-refractivity contribution in [3.05, 3.63) is 29.8 Å². The van der Waals surface area contributed by atoms with E-state index in [1.807, 2.05) is 19.1 Å². The molecular weight excluding hydrogens is 278 g/mol. The van der Waals surface area contributed by atoms with E-state index in [9.17, 15) is 4.79 Å². The number of benzene rings is 1. The van der Waals surface area contributed by atoms with E-state index in [1.165, 1.54) is 5.56 Å². The maximum Gasteiger partial charge on any atom is 0.224 e. The Bertz CT molecular complexity index is 359. The molecule has 1 aromatic rings. The number of amides is 1. The number of alkyl halides is 1. The molecule has 2 nitrogen and oxygen atoms in total. The van der Waals surface area contributed by atoms with Crippen LogP contribution in [0.2, 0.25) is 0 Å². The molecule has 1 amide bonds. The minimum Gasteiger partial charge on any atom is -0.326 e. The monoisotopic (exact) mass is 297 g/mol. The highest BCUT2D eigenvalue weighted by atomic mass is 79.9. The highest BCUT2D eigenvalue weighted by Crippen LogP contribution is 2.19. The number of rotatable bonds is 5. The fraction of sp³-hybridized carbons (Fsp3) is 0.500. The van der Waals surface area contributed by atoms with Gasteiger partial charge < -0.3 is 5.32 Å². The molecule has 0 bridgehead atoms. The summed E-state index contributed by atoms with van der Waals surface area (Å²) >= 11 is 3.68. The van der Waals surface area contributed by atoms with Gasteiger partial charge in [0.2, 0.25) is 5.91 Å². The van der Waals surface area contributed by atoms with Crippen molar-refractivity contribution in [1.82, 2.24) is 0 Å². The molecule has 1 unspecified atom stereocenters. The van der Waals surface area contributed by atoms with Gasteiger partial charge in [0.25, 0.3) is 0 Å². The quantitative estimate of drug-likeness (QED) is 0.818. The molecule has 1 aromatic carbocycles. The zero-order chi connectivity index (χ0) is 12.8. The average molecular weight is 298 g/mol. The molecule has 0 aliphatic heterocycles. The number of hydrogen-bond donors (Lipinski definition) is 1. The summed E-state index contributed by atoms with van der Waals surface area (Å²) in [6, 6.07) is 8.07. The third kappa shape index (κ3) is 4.90. The summed E-state index contributed by atoms with van der Waals surface area (Å²) in [6.07, 6.45) is 1.53. The van der Waals surface area contributed by atoms with Crippen LogP contribution in [0, 0.1) is 5.92 Å². The Labute approximate surface area is 112 Å². The lowest BCUT2D eigenvalue weighted by molar-refractivity contribution is -0.115. The topological polar surface area (TPSA) is 29.1 Å². The lowest BCUT2D eigenvalue weighted by atomic mass is 10.0. The molecule has 1 rings (SSSR count). The second-order valence-corrected chi connectivity index (χ2v) is 5.74. The van der Waals surface area contributed by atoms with Crippen molar-refractivity contribution in [2.45, 2.75) is 38.4 Å². The van der Waals surface area contributed by atoms with Gasteiger partial charge in [-0.1, -0.05) is 48.8 Å². The van der Waals surface area contributed by atoms with Crippen LogP contribution in [-0.2, 0) is 11.2 Å². The van der Waals surface area contributed by atoms with E-state index >= 15 is 0 Å². The van der Waals surface area contributed by atoms with Crippen LogP contribution in [0.15, 0.2) is 24.3 Å². The summed E-state index contributed by atoms with van der Waals surface area (Å²) < 4.78 is 0. The summed E-state index contributed by atoms with van der Waals surface area (Å²) in [7, 11) is 0. The molecule has 1 N–H and O–H groups in total. The van der Waals surface area contributed by atoms with Crippen molar-refractivity contribution in [2.75, 3.05) is 5.32 Å². The average Bonchev–Trinajstić information content (AvgIpc) is 2.31. The van der Waals surface area contributed by atoms with Gasteiger partial charge in [0.05, 0.1) is 0 Å².